The minimum absolute atomic E-state index is 0.215. The van der Waals surface area contributed by atoms with Crippen LogP contribution in [0.3, 0.4) is 0 Å². The summed E-state index contributed by atoms with van der Waals surface area (Å²) >= 11 is 0. The number of nitrogens with zero attached hydrogens (tertiary/aromatic N) is 1. The second kappa shape index (κ2) is 8.92. The molecule has 0 saturated carbocycles. The van der Waals surface area contributed by atoms with E-state index < -0.39 is 5.97 Å². The Hall–Kier alpha value is -3.90. The molecule has 2 N–H and O–H groups in total. The molecule has 5 rings (SSSR count). The maximum absolute atomic E-state index is 13.1. The molecule has 0 aromatic heterocycles. The summed E-state index contributed by atoms with van der Waals surface area (Å²) in [5, 5.41) is 6.38. The summed E-state index contributed by atoms with van der Waals surface area (Å²) in [6.07, 6.45) is 1.28. The molecule has 1 amide bonds. The fourth-order valence-electron chi connectivity index (χ4n) is 4.19. The third-order valence-corrected chi connectivity index (χ3v) is 6.08. The lowest BCUT2D eigenvalue weighted by atomic mass is 9.99. The Labute approximate surface area is 192 Å². The van der Waals surface area contributed by atoms with Gasteiger partial charge in [-0.05, 0) is 54.9 Å². The Kier molecular flexibility index (Phi) is 5.67. The van der Waals surface area contributed by atoms with Gasteiger partial charge in [-0.15, -0.1) is 0 Å². The zero-order valence-corrected chi connectivity index (χ0v) is 18.4. The highest BCUT2D eigenvalue weighted by Gasteiger charge is 2.29. The number of ether oxygens (including phenoxy) is 1. The van der Waals surface area contributed by atoms with Crippen LogP contribution in [0.25, 0.3) is 11.3 Å². The second-order valence-electron chi connectivity index (χ2n) is 8.27. The highest BCUT2D eigenvalue weighted by Crippen LogP contribution is 2.38. The summed E-state index contributed by atoms with van der Waals surface area (Å²) in [6.45, 7) is 3.29. The van der Waals surface area contributed by atoms with Gasteiger partial charge in [-0.1, -0.05) is 48.5 Å². The molecular formula is C27H25N3O3. The van der Waals surface area contributed by atoms with E-state index in [1.54, 1.807) is 18.2 Å². The Bertz CT molecular complexity index is 1230. The first kappa shape index (κ1) is 21.0. The monoisotopic (exact) mass is 439 g/mol. The molecule has 0 spiro atoms. The van der Waals surface area contributed by atoms with E-state index in [4.69, 9.17) is 4.74 Å². The number of amides is 1. The maximum atomic E-state index is 13.1. The molecule has 1 fully saturated rings. The fourth-order valence-corrected chi connectivity index (χ4v) is 4.19. The SMILES string of the molecule is COC(=O)c1ccc2c(c1)NC(=O)C2=C(Nc1ccc(CN2CCC2)cc1)c1ccccc1. The van der Waals surface area contributed by atoms with Crippen LogP contribution in [-0.2, 0) is 16.1 Å². The number of likely N-dealkylation sites (tertiary alicyclic amines) is 1. The Morgan fingerprint density at radius 3 is 2.42 bits per heavy atom. The van der Waals surface area contributed by atoms with Gasteiger partial charge < -0.3 is 15.4 Å². The van der Waals surface area contributed by atoms with E-state index >= 15 is 0 Å². The summed E-state index contributed by atoms with van der Waals surface area (Å²) in [6, 6.07) is 23.2. The highest BCUT2D eigenvalue weighted by atomic mass is 16.5. The number of rotatable bonds is 6. The Balaban J connectivity index is 1.52. The van der Waals surface area contributed by atoms with E-state index in [1.807, 2.05) is 42.5 Å². The first-order chi connectivity index (χ1) is 16.1. The Morgan fingerprint density at radius 2 is 1.76 bits per heavy atom. The summed E-state index contributed by atoms with van der Waals surface area (Å²) in [4.78, 5) is 27.4. The number of hydrogen-bond donors (Lipinski definition) is 2. The van der Waals surface area contributed by atoms with Crippen LogP contribution in [0.2, 0.25) is 0 Å². The molecule has 3 aromatic rings. The first-order valence-corrected chi connectivity index (χ1v) is 11.0. The zero-order valence-electron chi connectivity index (χ0n) is 18.4. The second-order valence-corrected chi connectivity index (χ2v) is 8.27. The third kappa shape index (κ3) is 4.25. The van der Waals surface area contributed by atoms with Crippen LogP contribution in [0.4, 0.5) is 11.4 Å². The molecule has 0 bridgehead atoms. The van der Waals surface area contributed by atoms with Crippen LogP contribution in [0.5, 0.6) is 0 Å². The van der Waals surface area contributed by atoms with Crippen molar-refractivity contribution in [2.24, 2.45) is 0 Å². The lowest BCUT2D eigenvalue weighted by Crippen LogP contribution is -2.36. The van der Waals surface area contributed by atoms with E-state index in [0.717, 1.165) is 36.4 Å². The molecule has 1 saturated heterocycles. The van der Waals surface area contributed by atoms with Gasteiger partial charge in [0.1, 0.15) is 0 Å². The number of anilines is 2. The van der Waals surface area contributed by atoms with Crippen LogP contribution >= 0.6 is 0 Å². The number of methoxy groups -OCH3 is 1. The third-order valence-electron chi connectivity index (χ3n) is 6.08. The smallest absolute Gasteiger partial charge is 0.337 e. The molecule has 33 heavy (non-hydrogen) atoms. The summed E-state index contributed by atoms with van der Waals surface area (Å²) in [5.41, 5.74) is 6.06. The van der Waals surface area contributed by atoms with E-state index in [1.165, 1.54) is 19.1 Å². The zero-order chi connectivity index (χ0) is 22.8. The van der Waals surface area contributed by atoms with Crippen molar-refractivity contribution in [1.29, 1.82) is 0 Å². The predicted octanol–water partition coefficient (Wildman–Crippen LogP) is 4.61. The van der Waals surface area contributed by atoms with Crippen molar-refractivity contribution in [3.05, 3.63) is 95.1 Å². The highest BCUT2D eigenvalue weighted by molar-refractivity contribution is 6.37. The van der Waals surface area contributed by atoms with Gasteiger partial charge in [0.15, 0.2) is 0 Å². The number of carbonyl (C=O) groups excluding carboxylic acids is 2. The van der Waals surface area contributed by atoms with Gasteiger partial charge in [-0.3, -0.25) is 9.69 Å². The standard InChI is InChI=1S/C27H25N3O3/c1-33-27(32)20-10-13-22-23(16-20)29-26(31)24(22)25(19-6-3-2-4-7-19)28-21-11-8-18(9-12-21)17-30-14-5-15-30/h2-4,6-13,16,28H,5,14-15,17H2,1H3,(H,29,31). The fraction of sp³-hybridized carbons (Fsp3) is 0.185. The number of carbonyl (C=O) groups is 2. The van der Waals surface area contributed by atoms with Crippen molar-refractivity contribution in [1.82, 2.24) is 4.90 Å². The molecule has 0 radical (unpaired) electrons. The maximum Gasteiger partial charge on any atom is 0.337 e. The van der Waals surface area contributed by atoms with E-state index in [2.05, 4.69) is 27.7 Å². The minimum Gasteiger partial charge on any atom is -0.465 e. The number of fused-ring (bicyclic) bond motifs is 1. The quantitative estimate of drug-likeness (QED) is 0.434. The summed E-state index contributed by atoms with van der Waals surface area (Å²) in [7, 11) is 1.34. The molecule has 0 atom stereocenters. The van der Waals surface area contributed by atoms with Crippen LogP contribution in [0.1, 0.15) is 33.5 Å². The molecule has 0 aliphatic carbocycles. The van der Waals surface area contributed by atoms with Gasteiger partial charge >= 0.3 is 5.97 Å². The van der Waals surface area contributed by atoms with Crippen molar-refractivity contribution < 1.29 is 14.3 Å². The van der Waals surface area contributed by atoms with E-state index in [0.29, 0.717) is 22.5 Å². The van der Waals surface area contributed by atoms with Crippen molar-refractivity contribution in [3.63, 3.8) is 0 Å². The largest absolute Gasteiger partial charge is 0.465 e. The van der Waals surface area contributed by atoms with Gasteiger partial charge in [0, 0.05) is 17.8 Å². The van der Waals surface area contributed by atoms with Crippen LogP contribution in [-0.4, -0.2) is 37.0 Å². The number of esters is 1. The molecule has 3 aromatic carbocycles. The van der Waals surface area contributed by atoms with Crippen LogP contribution in [0.15, 0.2) is 72.8 Å². The molecular weight excluding hydrogens is 414 g/mol. The average molecular weight is 440 g/mol. The summed E-state index contributed by atoms with van der Waals surface area (Å²) < 4.78 is 4.81. The molecule has 0 unspecified atom stereocenters. The topological polar surface area (TPSA) is 70.7 Å². The van der Waals surface area contributed by atoms with Gasteiger partial charge in [0.05, 0.1) is 29.6 Å². The van der Waals surface area contributed by atoms with Crippen molar-refractivity contribution in [2.45, 2.75) is 13.0 Å². The molecule has 2 aliphatic heterocycles. The Morgan fingerprint density at radius 1 is 1.00 bits per heavy atom. The van der Waals surface area contributed by atoms with Gasteiger partial charge in [-0.2, -0.15) is 0 Å². The molecule has 6 nitrogen and oxygen atoms in total. The van der Waals surface area contributed by atoms with Gasteiger partial charge in [-0.25, -0.2) is 4.79 Å². The average Bonchev–Trinajstić information content (AvgIpc) is 3.15. The van der Waals surface area contributed by atoms with Crippen molar-refractivity contribution in [3.8, 4) is 0 Å². The molecule has 2 aliphatic rings. The minimum atomic E-state index is -0.441. The first-order valence-electron chi connectivity index (χ1n) is 11.0. The van der Waals surface area contributed by atoms with E-state index in [9.17, 15) is 9.59 Å². The summed E-state index contributed by atoms with van der Waals surface area (Å²) in [5.74, 6) is -0.656. The predicted molar refractivity (Wildman–Crippen MR) is 130 cm³/mol. The van der Waals surface area contributed by atoms with Crippen molar-refractivity contribution in [2.75, 3.05) is 30.8 Å². The molecule has 166 valence electrons. The molecule has 6 heteroatoms. The lowest BCUT2D eigenvalue weighted by molar-refractivity contribution is -0.110. The van der Waals surface area contributed by atoms with Gasteiger partial charge in [0.25, 0.3) is 5.91 Å². The number of hydrogen-bond acceptors (Lipinski definition) is 5. The van der Waals surface area contributed by atoms with Crippen molar-refractivity contribution >= 4 is 34.5 Å². The normalized spacial score (nSPS) is 16.5. The molecule has 2 heterocycles. The van der Waals surface area contributed by atoms with Crippen LogP contribution < -0.4 is 10.6 Å². The number of nitrogens with one attached hydrogen (secondary N) is 2. The van der Waals surface area contributed by atoms with Crippen LogP contribution in [0, 0.1) is 0 Å². The van der Waals surface area contributed by atoms with E-state index in [-0.39, 0.29) is 5.91 Å². The number of benzene rings is 3. The van der Waals surface area contributed by atoms with Gasteiger partial charge in [0.2, 0.25) is 0 Å². The lowest BCUT2D eigenvalue weighted by Gasteiger charge is -2.30.